The van der Waals surface area contributed by atoms with Crippen molar-refractivity contribution in [2.75, 3.05) is 0 Å². The SMILES string of the molecule is NC(=O)c1cc(-c2nn(-c3ccccn3)c3cc[nH]c(=O)c23)cs1. The molecule has 1 amide bonds. The van der Waals surface area contributed by atoms with E-state index in [1.54, 1.807) is 46.7 Å². The number of fused-ring (bicyclic) bond motifs is 1. The molecule has 0 fully saturated rings. The monoisotopic (exact) mass is 337 g/mol. The van der Waals surface area contributed by atoms with E-state index in [9.17, 15) is 9.59 Å². The Morgan fingerprint density at radius 3 is 2.88 bits per heavy atom. The molecule has 0 aliphatic carbocycles. The minimum Gasteiger partial charge on any atom is -0.365 e. The first-order chi connectivity index (χ1) is 11.6. The molecule has 3 N–H and O–H groups in total. The highest BCUT2D eigenvalue weighted by molar-refractivity contribution is 7.12. The minimum absolute atomic E-state index is 0.253. The van der Waals surface area contributed by atoms with Crippen LogP contribution in [0.25, 0.3) is 28.0 Å². The lowest BCUT2D eigenvalue weighted by molar-refractivity contribution is 0.100. The molecule has 0 aromatic carbocycles. The normalized spacial score (nSPS) is 11.0. The minimum atomic E-state index is -0.506. The van der Waals surface area contributed by atoms with Gasteiger partial charge in [0.25, 0.3) is 11.5 Å². The molecule has 8 heteroatoms. The second-order valence-corrected chi connectivity index (χ2v) is 5.99. The zero-order valence-corrected chi connectivity index (χ0v) is 13.1. The highest BCUT2D eigenvalue weighted by Crippen LogP contribution is 2.30. The van der Waals surface area contributed by atoms with Crippen molar-refractivity contribution < 1.29 is 4.79 Å². The van der Waals surface area contributed by atoms with Gasteiger partial charge in [-0.3, -0.25) is 9.59 Å². The van der Waals surface area contributed by atoms with E-state index >= 15 is 0 Å². The summed E-state index contributed by atoms with van der Waals surface area (Å²) in [5, 5.41) is 6.75. The summed E-state index contributed by atoms with van der Waals surface area (Å²) in [7, 11) is 0. The van der Waals surface area contributed by atoms with Crippen LogP contribution in [0.3, 0.4) is 0 Å². The summed E-state index contributed by atoms with van der Waals surface area (Å²) in [6.45, 7) is 0. The standard InChI is InChI=1S/C16H11N5O2S/c17-15(22)11-7-9(8-24-11)14-13-10(4-6-19-16(13)23)21(20-14)12-3-1-2-5-18-12/h1-8H,(H2,17,22)(H,19,23). The molecule has 0 spiro atoms. The number of nitrogens with zero attached hydrogens (tertiary/aromatic N) is 3. The first kappa shape index (κ1) is 14.3. The molecule has 0 atom stereocenters. The van der Waals surface area contributed by atoms with Crippen LogP contribution >= 0.6 is 11.3 Å². The number of amides is 1. The average molecular weight is 337 g/mol. The maximum absolute atomic E-state index is 12.3. The third-order valence-electron chi connectivity index (χ3n) is 3.59. The number of primary amides is 1. The molecule has 0 radical (unpaired) electrons. The van der Waals surface area contributed by atoms with Gasteiger partial charge in [-0.15, -0.1) is 11.3 Å². The molecule has 4 aromatic rings. The van der Waals surface area contributed by atoms with Crippen LogP contribution in [-0.2, 0) is 0 Å². The molecule has 4 aromatic heterocycles. The number of hydrogen-bond donors (Lipinski definition) is 2. The van der Waals surface area contributed by atoms with Gasteiger partial charge in [0.15, 0.2) is 5.82 Å². The van der Waals surface area contributed by atoms with E-state index in [4.69, 9.17) is 5.73 Å². The Bertz CT molecular complexity index is 1110. The lowest BCUT2D eigenvalue weighted by atomic mass is 10.1. The summed E-state index contributed by atoms with van der Waals surface area (Å²) >= 11 is 1.22. The molecule has 7 nitrogen and oxygen atoms in total. The largest absolute Gasteiger partial charge is 0.365 e. The number of nitrogens with two attached hydrogens (primary N) is 1. The molecular weight excluding hydrogens is 326 g/mol. The Balaban J connectivity index is 2.02. The van der Waals surface area contributed by atoms with Crippen LogP contribution in [0.2, 0.25) is 0 Å². The molecule has 0 bridgehead atoms. The fourth-order valence-corrected chi connectivity index (χ4v) is 3.27. The average Bonchev–Trinajstić information content (AvgIpc) is 3.21. The number of H-pyrrole nitrogens is 1. The Morgan fingerprint density at radius 1 is 1.29 bits per heavy atom. The van der Waals surface area contributed by atoms with E-state index in [2.05, 4.69) is 15.1 Å². The Morgan fingerprint density at radius 2 is 2.17 bits per heavy atom. The van der Waals surface area contributed by atoms with Crippen molar-refractivity contribution in [3.05, 3.63) is 63.3 Å². The van der Waals surface area contributed by atoms with Crippen LogP contribution in [0, 0.1) is 0 Å². The lowest BCUT2D eigenvalue weighted by Gasteiger charge is -2.00. The first-order valence-electron chi connectivity index (χ1n) is 7.05. The first-order valence-corrected chi connectivity index (χ1v) is 7.93. The molecular formula is C16H11N5O2S. The summed E-state index contributed by atoms with van der Waals surface area (Å²) in [5.74, 6) is 0.0957. The second kappa shape index (κ2) is 5.43. The fourth-order valence-electron chi connectivity index (χ4n) is 2.52. The van der Waals surface area contributed by atoms with Crippen molar-refractivity contribution in [3.63, 3.8) is 0 Å². The van der Waals surface area contributed by atoms with E-state index in [-0.39, 0.29) is 5.56 Å². The Hall–Kier alpha value is -3.26. The van der Waals surface area contributed by atoms with Gasteiger partial charge in [0.05, 0.1) is 15.8 Å². The number of aromatic amines is 1. The van der Waals surface area contributed by atoms with Gasteiger partial charge in [0, 0.05) is 23.3 Å². The molecule has 4 heterocycles. The topological polar surface area (TPSA) is 107 Å². The van der Waals surface area contributed by atoms with Crippen molar-refractivity contribution >= 4 is 28.1 Å². The van der Waals surface area contributed by atoms with Crippen LogP contribution in [0.1, 0.15) is 9.67 Å². The third-order valence-corrected chi connectivity index (χ3v) is 4.53. The van der Waals surface area contributed by atoms with Gasteiger partial charge >= 0.3 is 0 Å². The number of thiophene rings is 1. The highest BCUT2D eigenvalue weighted by atomic mass is 32.1. The Labute approximate surface area is 139 Å². The van der Waals surface area contributed by atoms with Crippen LogP contribution in [-0.4, -0.2) is 25.7 Å². The number of rotatable bonds is 3. The maximum Gasteiger partial charge on any atom is 0.259 e. The number of aromatic nitrogens is 4. The zero-order chi connectivity index (χ0) is 16.7. The summed E-state index contributed by atoms with van der Waals surface area (Å²) in [6.07, 6.45) is 3.23. The summed E-state index contributed by atoms with van der Waals surface area (Å²) in [6, 6.07) is 8.87. The number of pyridine rings is 2. The van der Waals surface area contributed by atoms with Crippen LogP contribution < -0.4 is 11.3 Å². The van der Waals surface area contributed by atoms with Crippen LogP contribution in [0.5, 0.6) is 0 Å². The van der Waals surface area contributed by atoms with Gasteiger partial charge in [-0.05, 0) is 24.3 Å². The fraction of sp³-hybridized carbons (Fsp3) is 0. The van der Waals surface area contributed by atoms with Gasteiger partial charge in [0.1, 0.15) is 5.69 Å². The van der Waals surface area contributed by atoms with Gasteiger partial charge in [-0.1, -0.05) is 6.07 Å². The second-order valence-electron chi connectivity index (χ2n) is 5.08. The van der Waals surface area contributed by atoms with E-state index in [1.807, 2.05) is 6.07 Å². The van der Waals surface area contributed by atoms with E-state index in [0.717, 1.165) is 0 Å². The number of hydrogen-bond acceptors (Lipinski definition) is 5. The van der Waals surface area contributed by atoms with E-state index < -0.39 is 5.91 Å². The third kappa shape index (κ3) is 2.20. The van der Waals surface area contributed by atoms with Crippen LogP contribution in [0.4, 0.5) is 0 Å². The molecule has 0 aliphatic heterocycles. The molecule has 0 aliphatic rings. The quantitative estimate of drug-likeness (QED) is 0.595. The van der Waals surface area contributed by atoms with Crippen molar-refractivity contribution in [1.29, 1.82) is 0 Å². The molecule has 0 saturated heterocycles. The van der Waals surface area contributed by atoms with E-state index in [1.165, 1.54) is 11.3 Å². The van der Waals surface area contributed by atoms with Crippen LogP contribution in [0.15, 0.2) is 52.9 Å². The summed E-state index contributed by atoms with van der Waals surface area (Å²) in [5.41, 5.74) is 6.86. The smallest absolute Gasteiger partial charge is 0.259 e. The molecule has 118 valence electrons. The van der Waals surface area contributed by atoms with Gasteiger partial charge in [0.2, 0.25) is 0 Å². The zero-order valence-electron chi connectivity index (χ0n) is 12.3. The summed E-state index contributed by atoms with van der Waals surface area (Å²) in [4.78, 5) is 31.0. The predicted molar refractivity (Wildman–Crippen MR) is 91.3 cm³/mol. The van der Waals surface area contributed by atoms with Gasteiger partial charge in [-0.25, -0.2) is 9.67 Å². The van der Waals surface area contributed by atoms with Crippen molar-refractivity contribution in [2.24, 2.45) is 5.73 Å². The Kier molecular flexibility index (Phi) is 3.24. The summed E-state index contributed by atoms with van der Waals surface area (Å²) < 4.78 is 1.61. The van der Waals surface area contributed by atoms with Crippen molar-refractivity contribution in [2.45, 2.75) is 0 Å². The molecule has 0 saturated carbocycles. The maximum atomic E-state index is 12.3. The highest BCUT2D eigenvalue weighted by Gasteiger charge is 2.18. The lowest BCUT2D eigenvalue weighted by Crippen LogP contribution is -2.08. The molecule has 24 heavy (non-hydrogen) atoms. The van der Waals surface area contributed by atoms with Crippen molar-refractivity contribution in [3.8, 4) is 17.1 Å². The molecule has 4 rings (SSSR count). The van der Waals surface area contributed by atoms with Crippen molar-refractivity contribution in [1.82, 2.24) is 19.7 Å². The van der Waals surface area contributed by atoms with Gasteiger partial charge < -0.3 is 10.7 Å². The predicted octanol–water partition coefficient (Wildman–Crippen LogP) is 1.94. The van der Waals surface area contributed by atoms with Gasteiger partial charge in [-0.2, -0.15) is 5.10 Å². The number of carbonyl (C=O) groups is 1. The van der Waals surface area contributed by atoms with E-state index in [0.29, 0.717) is 32.9 Å². The number of carbonyl (C=O) groups excluding carboxylic acids is 1. The number of nitrogens with one attached hydrogen (secondary N) is 1. The molecule has 0 unspecified atom stereocenters.